The summed E-state index contributed by atoms with van der Waals surface area (Å²) in [5, 5.41) is 10.5. The van der Waals surface area contributed by atoms with Gasteiger partial charge in [-0.05, 0) is 35.5 Å². The standard InChI is InChI=1S/C19H36O/c1-5-6-7-8-9-10-11-12-15-13-19(4)14-16(15)18(2,3)17(19)20/h15-17,20H,5-14H2,1-4H3/t15?,16-,17+,19+/m0/s1. The molecule has 118 valence electrons. The largest absolute Gasteiger partial charge is 0.392 e. The van der Waals surface area contributed by atoms with Gasteiger partial charge in [-0.2, -0.15) is 0 Å². The molecule has 0 radical (unpaired) electrons. The van der Waals surface area contributed by atoms with Crippen LogP contribution in [0.25, 0.3) is 0 Å². The van der Waals surface area contributed by atoms with Crippen LogP contribution in [0.1, 0.15) is 91.9 Å². The Morgan fingerprint density at radius 2 is 1.50 bits per heavy atom. The summed E-state index contributed by atoms with van der Waals surface area (Å²) in [4.78, 5) is 0. The first-order valence-corrected chi connectivity index (χ1v) is 9.10. The van der Waals surface area contributed by atoms with E-state index in [9.17, 15) is 5.11 Å². The van der Waals surface area contributed by atoms with Crippen LogP contribution in [0.15, 0.2) is 0 Å². The van der Waals surface area contributed by atoms with Crippen molar-refractivity contribution in [1.82, 2.24) is 0 Å². The van der Waals surface area contributed by atoms with Crippen molar-refractivity contribution >= 4 is 0 Å². The predicted molar refractivity (Wildman–Crippen MR) is 86.7 cm³/mol. The summed E-state index contributed by atoms with van der Waals surface area (Å²) in [6, 6.07) is 0. The highest BCUT2D eigenvalue weighted by Gasteiger charge is 2.62. The number of unbranched alkanes of at least 4 members (excludes halogenated alkanes) is 6. The summed E-state index contributed by atoms with van der Waals surface area (Å²) in [5.41, 5.74) is 0.374. The van der Waals surface area contributed by atoms with Crippen molar-refractivity contribution in [3.63, 3.8) is 0 Å². The Hall–Kier alpha value is -0.0400. The molecule has 1 unspecified atom stereocenters. The van der Waals surface area contributed by atoms with Crippen molar-refractivity contribution in [2.45, 2.75) is 98.0 Å². The van der Waals surface area contributed by atoms with E-state index in [0.717, 1.165) is 11.8 Å². The molecular weight excluding hydrogens is 244 g/mol. The van der Waals surface area contributed by atoms with Crippen LogP contribution in [-0.4, -0.2) is 11.2 Å². The van der Waals surface area contributed by atoms with E-state index in [-0.39, 0.29) is 16.9 Å². The van der Waals surface area contributed by atoms with Gasteiger partial charge >= 0.3 is 0 Å². The third-order valence-electron chi connectivity index (χ3n) is 6.48. The molecule has 2 rings (SSSR count). The molecule has 0 aliphatic heterocycles. The molecule has 0 amide bonds. The molecule has 0 aromatic carbocycles. The highest BCUT2D eigenvalue weighted by atomic mass is 16.3. The van der Waals surface area contributed by atoms with Gasteiger partial charge in [0, 0.05) is 0 Å². The fourth-order valence-corrected chi connectivity index (χ4v) is 5.36. The summed E-state index contributed by atoms with van der Waals surface area (Å²) < 4.78 is 0. The number of hydrogen-bond donors (Lipinski definition) is 1. The Balaban J connectivity index is 1.69. The zero-order valence-corrected chi connectivity index (χ0v) is 14.3. The van der Waals surface area contributed by atoms with Crippen LogP contribution in [0.2, 0.25) is 0 Å². The maximum absolute atomic E-state index is 10.5. The average Bonchev–Trinajstić information content (AvgIpc) is 2.82. The summed E-state index contributed by atoms with van der Waals surface area (Å²) >= 11 is 0. The first-order chi connectivity index (χ1) is 9.42. The lowest BCUT2D eigenvalue weighted by Gasteiger charge is -2.43. The summed E-state index contributed by atoms with van der Waals surface area (Å²) in [6.07, 6.45) is 13.8. The minimum Gasteiger partial charge on any atom is -0.392 e. The minimum absolute atomic E-state index is 0.0784. The van der Waals surface area contributed by atoms with Crippen LogP contribution in [0, 0.1) is 22.7 Å². The first kappa shape index (κ1) is 16.3. The van der Waals surface area contributed by atoms with E-state index < -0.39 is 0 Å². The lowest BCUT2D eigenvalue weighted by Crippen LogP contribution is -2.43. The van der Waals surface area contributed by atoms with Crippen LogP contribution in [0.5, 0.6) is 0 Å². The molecule has 2 saturated carbocycles. The minimum atomic E-state index is -0.0784. The monoisotopic (exact) mass is 280 g/mol. The molecule has 0 heterocycles. The van der Waals surface area contributed by atoms with Crippen LogP contribution in [-0.2, 0) is 0 Å². The Labute approximate surface area is 126 Å². The number of rotatable bonds is 8. The van der Waals surface area contributed by atoms with Gasteiger partial charge in [-0.25, -0.2) is 0 Å². The molecule has 2 aliphatic carbocycles. The van der Waals surface area contributed by atoms with E-state index in [0.29, 0.717) is 0 Å². The van der Waals surface area contributed by atoms with Crippen molar-refractivity contribution in [1.29, 1.82) is 0 Å². The van der Waals surface area contributed by atoms with Gasteiger partial charge in [-0.3, -0.25) is 0 Å². The van der Waals surface area contributed by atoms with Crippen molar-refractivity contribution in [2.75, 3.05) is 0 Å². The molecule has 0 saturated heterocycles. The molecule has 1 nitrogen and oxygen atoms in total. The van der Waals surface area contributed by atoms with Gasteiger partial charge in [0.05, 0.1) is 6.10 Å². The third-order valence-corrected chi connectivity index (χ3v) is 6.48. The predicted octanol–water partition coefficient (Wildman–Crippen LogP) is 5.56. The van der Waals surface area contributed by atoms with Gasteiger partial charge in [0.1, 0.15) is 0 Å². The Bertz CT molecular complexity index is 304. The molecular formula is C19H36O. The Kier molecular flexibility index (Phi) is 5.21. The second-order valence-electron chi connectivity index (χ2n) is 8.56. The van der Waals surface area contributed by atoms with Crippen LogP contribution < -0.4 is 0 Å². The summed E-state index contributed by atoms with van der Waals surface area (Å²) in [7, 11) is 0. The van der Waals surface area contributed by atoms with Gasteiger partial charge < -0.3 is 5.11 Å². The molecule has 2 aliphatic rings. The quantitative estimate of drug-likeness (QED) is 0.577. The van der Waals surface area contributed by atoms with Gasteiger partial charge in [-0.15, -0.1) is 0 Å². The average molecular weight is 280 g/mol. The molecule has 1 heteroatoms. The number of fused-ring (bicyclic) bond motifs is 2. The van der Waals surface area contributed by atoms with E-state index in [1.54, 1.807) is 0 Å². The maximum Gasteiger partial charge on any atom is 0.0647 e. The summed E-state index contributed by atoms with van der Waals surface area (Å²) in [6.45, 7) is 9.20. The normalized spacial score (nSPS) is 38.5. The Morgan fingerprint density at radius 1 is 0.900 bits per heavy atom. The zero-order chi connectivity index (χ0) is 14.8. The highest BCUT2D eigenvalue weighted by molar-refractivity contribution is 5.11. The lowest BCUT2D eigenvalue weighted by molar-refractivity contribution is -0.0546. The number of aliphatic hydroxyl groups is 1. The van der Waals surface area contributed by atoms with E-state index in [4.69, 9.17) is 0 Å². The number of hydrogen-bond acceptors (Lipinski definition) is 1. The fourth-order valence-electron chi connectivity index (χ4n) is 5.36. The van der Waals surface area contributed by atoms with Gasteiger partial charge in [0.15, 0.2) is 0 Å². The van der Waals surface area contributed by atoms with E-state index in [2.05, 4.69) is 27.7 Å². The molecule has 0 spiro atoms. The van der Waals surface area contributed by atoms with Gasteiger partial charge in [0.2, 0.25) is 0 Å². The van der Waals surface area contributed by atoms with Crippen LogP contribution in [0.3, 0.4) is 0 Å². The molecule has 0 aromatic rings. The lowest BCUT2D eigenvalue weighted by atomic mass is 9.65. The molecule has 2 fully saturated rings. The first-order valence-electron chi connectivity index (χ1n) is 9.10. The van der Waals surface area contributed by atoms with Crippen LogP contribution in [0.4, 0.5) is 0 Å². The SMILES string of the molecule is CCCCCCCCCC1C[C@]2(C)C[C@@H]1C(C)(C)[C@H]2O. The highest BCUT2D eigenvalue weighted by Crippen LogP contribution is 2.65. The molecule has 4 atom stereocenters. The fraction of sp³-hybridized carbons (Fsp3) is 1.00. The topological polar surface area (TPSA) is 20.2 Å². The third kappa shape index (κ3) is 3.08. The van der Waals surface area contributed by atoms with Crippen molar-refractivity contribution in [3.8, 4) is 0 Å². The molecule has 0 aromatic heterocycles. The number of aliphatic hydroxyl groups excluding tert-OH is 1. The molecule has 2 bridgehead atoms. The van der Waals surface area contributed by atoms with E-state index >= 15 is 0 Å². The summed E-state index contributed by atoms with van der Waals surface area (Å²) in [5.74, 6) is 1.65. The van der Waals surface area contributed by atoms with Crippen LogP contribution >= 0.6 is 0 Å². The molecule has 20 heavy (non-hydrogen) atoms. The van der Waals surface area contributed by atoms with Crippen molar-refractivity contribution in [2.24, 2.45) is 22.7 Å². The zero-order valence-electron chi connectivity index (χ0n) is 14.3. The van der Waals surface area contributed by atoms with Crippen molar-refractivity contribution in [3.05, 3.63) is 0 Å². The van der Waals surface area contributed by atoms with E-state index in [1.165, 1.54) is 64.2 Å². The van der Waals surface area contributed by atoms with Crippen molar-refractivity contribution < 1.29 is 5.11 Å². The Morgan fingerprint density at radius 3 is 2.05 bits per heavy atom. The smallest absolute Gasteiger partial charge is 0.0647 e. The maximum atomic E-state index is 10.5. The van der Waals surface area contributed by atoms with Gasteiger partial charge in [0.25, 0.3) is 0 Å². The molecule has 1 N–H and O–H groups in total. The second kappa shape index (κ2) is 6.38. The van der Waals surface area contributed by atoms with E-state index in [1.807, 2.05) is 0 Å². The second-order valence-corrected chi connectivity index (χ2v) is 8.56. The van der Waals surface area contributed by atoms with Gasteiger partial charge in [-0.1, -0.05) is 79.1 Å².